The number of carbonyl (C=O) groups excluding carboxylic acids is 1. The largest absolute Gasteiger partial charge is 0.410 e. The Morgan fingerprint density at radius 2 is 1.96 bits per heavy atom. The Kier molecular flexibility index (Phi) is 7.39. The fourth-order valence-electron chi connectivity index (χ4n) is 2.86. The van der Waals surface area contributed by atoms with Crippen LogP contribution in [0.1, 0.15) is 41.0 Å². The Morgan fingerprint density at radius 1 is 1.36 bits per heavy atom. The number of carbonyl (C=O) groups is 1. The molecule has 0 aromatic heterocycles. The number of hydrogen-bond acceptors (Lipinski definition) is 4. The summed E-state index contributed by atoms with van der Waals surface area (Å²) in [6, 6.07) is 0. The van der Waals surface area contributed by atoms with Gasteiger partial charge in [0.25, 0.3) is 0 Å². The molecule has 3 atom stereocenters. The monoisotopic (exact) mass is 368 g/mol. The molecule has 0 aromatic rings. The topological polar surface area (TPSA) is 44.8 Å². The molecule has 0 saturated carbocycles. The van der Waals surface area contributed by atoms with Gasteiger partial charge in [0.05, 0.1) is 18.1 Å². The summed E-state index contributed by atoms with van der Waals surface area (Å²) in [6.45, 7) is 19.6. The van der Waals surface area contributed by atoms with Crippen LogP contribution in [-0.4, -0.2) is 40.7 Å². The van der Waals surface area contributed by atoms with E-state index in [1.165, 1.54) is 0 Å². The zero-order valence-electron chi connectivity index (χ0n) is 17.3. The van der Waals surface area contributed by atoms with Gasteiger partial charge in [-0.25, -0.2) is 0 Å². The summed E-state index contributed by atoms with van der Waals surface area (Å²) >= 11 is 0. The average Bonchev–Trinajstić information content (AvgIpc) is 2.49. The number of allylic oxidation sites excluding steroid dienone is 2. The van der Waals surface area contributed by atoms with E-state index >= 15 is 0 Å². The third-order valence-electron chi connectivity index (χ3n) is 5.88. The second-order valence-corrected chi connectivity index (χ2v) is 13.6. The first-order valence-corrected chi connectivity index (χ1v) is 11.9. The molecule has 0 spiro atoms. The van der Waals surface area contributed by atoms with Crippen molar-refractivity contribution in [3.63, 3.8) is 0 Å². The molecular weight excluding hydrogens is 332 g/mol. The van der Waals surface area contributed by atoms with E-state index in [9.17, 15) is 4.79 Å². The smallest absolute Gasteiger partial charge is 0.192 e. The van der Waals surface area contributed by atoms with Crippen molar-refractivity contribution in [1.82, 2.24) is 0 Å². The van der Waals surface area contributed by atoms with Crippen LogP contribution in [0.15, 0.2) is 24.3 Å². The van der Waals surface area contributed by atoms with Crippen molar-refractivity contribution in [3.8, 4) is 0 Å². The SMILES string of the molecule is C=CCC1=C[C@@H](O[Si](C)(C)C(C)(C)C)[C@H](C)[C@](C)(COCOC)C1=O. The first-order chi connectivity index (χ1) is 11.4. The molecule has 144 valence electrons. The second-order valence-electron chi connectivity index (χ2n) is 8.82. The molecule has 0 radical (unpaired) electrons. The molecule has 0 saturated heterocycles. The van der Waals surface area contributed by atoms with Crippen molar-refractivity contribution in [1.29, 1.82) is 0 Å². The van der Waals surface area contributed by atoms with Gasteiger partial charge in [-0.15, -0.1) is 6.58 Å². The predicted octanol–water partition coefficient (Wildman–Crippen LogP) is 4.72. The fraction of sp³-hybridized carbons (Fsp3) is 0.750. The first kappa shape index (κ1) is 22.3. The second kappa shape index (κ2) is 8.29. The molecule has 25 heavy (non-hydrogen) atoms. The van der Waals surface area contributed by atoms with E-state index in [1.807, 2.05) is 13.0 Å². The van der Waals surface area contributed by atoms with Crippen LogP contribution in [0.2, 0.25) is 18.1 Å². The molecule has 4 nitrogen and oxygen atoms in total. The van der Waals surface area contributed by atoms with Gasteiger partial charge >= 0.3 is 0 Å². The van der Waals surface area contributed by atoms with Gasteiger partial charge in [0, 0.05) is 7.11 Å². The Labute approximate surface area is 154 Å². The van der Waals surface area contributed by atoms with E-state index in [0.717, 1.165) is 5.57 Å². The maximum absolute atomic E-state index is 13.1. The minimum atomic E-state index is -1.96. The van der Waals surface area contributed by atoms with E-state index in [-0.39, 0.29) is 29.6 Å². The molecular formula is C20H36O4Si. The number of methoxy groups -OCH3 is 1. The van der Waals surface area contributed by atoms with E-state index < -0.39 is 13.7 Å². The fourth-order valence-corrected chi connectivity index (χ4v) is 4.16. The highest BCUT2D eigenvalue weighted by atomic mass is 28.4. The number of ether oxygens (including phenoxy) is 2. The Morgan fingerprint density at radius 3 is 2.44 bits per heavy atom. The van der Waals surface area contributed by atoms with Gasteiger partial charge < -0.3 is 13.9 Å². The minimum absolute atomic E-state index is 0.0274. The summed E-state index contributed by atoms with van der Waals surface area (Å²) in [4.78, 5) is 13.1. The molecule has 0 unspecified atom stereocenters. The lowest BCUT2D eigenvalue weighted by Crippen LogP contribution is -2.53. The number of ketones is 1. The molecule has 0 N–H and O–H groups in total. The molecule has 0 bridgehead atoms. The molecule has 0 amide bonds. The van der Waals surface area contributed by atoms with Crippen molar-refractivity contribution in [2.24, 2.45) is 11.3 Å². The molecule has 5 heteroatoms. The van der Waals surface area contributed by atoms with E-state index in [1.54, 1.807) is 13.2 Å². The highest BCUT2D eigenvalue weighted by molar-refractivity contribution is 6.74. The maximum Gasteiger partial charge on any atom is 0.192 e. The van der Waals surface area contributed by atoms with Crippen molar-refractivity contribution < 1.29 is 18.7 Å². The minimum Gasteiger partial charge on any atom is -0.410 e. The highest BCUT2D eigenvalue weighted by Gasteiger charge is 2.49. The molecule has 0 fully saturated rings. The summed E-state index contributed by atoms with van der Waals surface area (Å²) in [5.41, 5.74) is 0.152. The van der Waals surface area contributed by atoms with Crippen LogP contribution < -0.4 is 0 Å². The average molecular weight is 369 g/mol. The third kappa shape index (κ3) is 4.91. The third-order valence-corrected chi connectivity index (χ3v) is 10.4. The van der Waals surface area contributed by atoms with Crippen LogP contribution in [-0.2, 0) is 18.7 Å². The van der Waals surface area contributed by atoms with Crippen LogP contribution in [0.25, 0.3) is 0 Å². The normalized spacial score (nSPS) is 28.0. The molecule has 0 aromatic carbocycles. The van der Waals surface area contributed by atoms with E-state index in [4.69, 9.17) is 13.9 Å². The van der Waals surface area contributed by atoms with Crippen LogP contribution in [0.5, 0.6) is 0 Å². The van der Waals surface area contributed by atoms with Gasteiger partial charge in [0.1, 0.15) is 6.79 Å². The lowest BCUT2D eigenvalue weighted by molar-refractivity contribution is -0.140. The zero-order chi connectivity index (χ0) is 19.5. The lowest BCUT2D eigenvalue weighted by Gasteiger charge is -2.46. The molecule has 0 heterocycles. The van der Waals surface area contributed by atoms with Crippen molar-refractivity contribution in [2.45, 2.75) is 65.3 Å². The summed E-state index contributed by atoms with van der Waals surface area (Å²) < 4.78 is 17.3. The van der Waals surface area contributed by atoms with Crippen LogP contribution in [0.3, 0.4) is 0 Å². The van der Waals surface area contributed by atoms with Gasteiger partial charge in [0.2, 0.25) is 0 Å². The predicted molar refractivity (Wildman–Crippen MR) is 105 cm³/mol. The summed E-state index contributed by atoms with van der Waals surface area (Å²) in [6.07, 6.45) is 4.26. The van der Waals surface area contributed by atoms with Gasteiger partial charge in [-0.2, -0.15) is 0 Å². The van der Waals surface area contributed by atoms with E-state index in [2.05, 4.69) is 47.4 Å². The quantitative estimate of drug-likeness (QED) is 0.269. The van der Waals surface area contributed by atoms with E-state index in [0.29, 0.717) is 13.0 Å². The number of rotatable bonds is 8. The Bertz CT molecular complexity index is 518. The Hall–Kier alpha value is -0.753. The van der Waals surface area contributed by atoms with Crippen molar-refractivity contribution in [3.05, 3.63) is 24.3 Å². The van der Waals surface area contributed by atoms with Gasteiger partial charge in [-0.3, -0.25) is 4.79 Å². The van der Waals surface area contributed by atoms with Gasteiger partial charge in [-0.05, 0) is 49.0 Å². The van der Waals surface area contributed by atoms with Gasteiger partial charge in [-0.1, -0.05) is 33.8 Å². The molecule has 1 aliphatic carbocycles. The van der Waals surface area contributed by atoms with Crippen molar-refractivity contribution in [2.75, 3.05) is 20.5 Å². The van der Waals surface area contributed by atoms with Crippen LogP contribution in [0.4, 0.5) is 0 Å². The summed E-state index contributed by atoms with van der Waals surface area (Å²) in [5.74, 6) is 0.158. The summed E-state index contributed by atoms with van der Waals surface area (Å²) in [5, 5.41) is 0.115. The highest BCUT2D eigenvalue weighted by Crippen LogP contribution is 2.44. The van der Waals surface area contributed by atoms with Crippen LogP contribution >= 0.6 is 0 Å². The standard InChI is InChI=1S/C20H36O4Si/c1-10-11-16-12-17(24-25(8,9)19(3,4)5)15(2)20(6,18(16)21)13-23-14-22-7/h10,12,15,17H,1,11,13-14H2,2-9H3/t15-,17+,20-/m0/s1. The Balaban J connectivity index is 3.19. The summed E-state index contributed by atoms with van der Waals surface area (Å²) in [7, 11) is -0.372. The maximum atomic E-state index is 13.1. The number of Topliss-reactive ketones (excluding diaryl/α,β-unsaturated/α-hetero) is 1. The lowest BCUT2D eigenvalue weighted by atomic mass is 9.66. The molecule has 0 aliphatic heterocycles. The number of hydrogen-bond donors (Lipinski definition) is 0. The van der Waals surface area contributed by atoms with Gasteiger partial charge in [0.15, 0.2) is 14.1 Å². The first-order valence-electron chi connectivity index (χ1n) is 9.01. The van der Waals surface area contributed by atoms with Crippen LogP contribution in [0, 0.1) is 11.3 Å². The molecule has 1 aliphatic rings. The van der Waals surface area contributed by atoms with Crippen molar-refractivity contribution >= 4 is 14.1 Å². The molecule has 1 rings (SSSR count). The zero-order valence-corrected chi connectivity index (χ0v) is 18.3.